The van der Waals surface area contributed by atoms with Crippen LogP contribution >= 0.6 is 24.2 Å². The Balaban J connectivity index is 0.00000676. The molecule has 0 unspecified atom stereocenters. The predicted octanol–water partition coefficient (Wildman–Crippen LogP) is 9.04. The van der Waals surface area contributed by atoms with Crippen LogP contribution in [0.4, 0.5) is 5.69 Å². The van der Waals surface area contributed by atoms with Crippen LogP contribution in [0, 0.1) is 0 Å². The molecule has 0 saturated heterocycles. The smallest absolute Gasteiger partial charge is 0.0452 e. The van der Waals surface area contributed by atoms with Gasteiger partial charge in [-0.15, -0.1) is 24.2 Å². The number of thioether (sulfide) groups is 1. The van der Waals surface area contributed by atoms with Gasteiger partial charge in [0.25, 0.3) is 0 Å². The molecule has 0 bridgehead atoms. The summed E-state index contributed by atoms with van der Waals surface area (Å²) in [6, 6.07) is 8.21. The molecule has 3 heteroatoms. The van der Waals surface area contributed by atoms with Crippen LogP contribution in [0.3, 0.4) is 0 Å². The minimum Gasteiger partial charge on any atom is -0.398 e. The standard InChI is InChI=1S/C24H43NS.ClH/c1-2-3-4-5-6-7-8-9-10-11-12-13-14-15-16-19-22-26-24-21-18-17-20-23(24)25;/h17-18,20-21H,2-16,19,22,25H2,1H3;1H. The van der Waals surface area contributed by atoms with Gasteiger partial charge in [-0.3, -0.25) is 0 Å². The van der Waals surface area contributed by atoms with Crippen molar-refractivity contribution >= 4 is 29.9 Å². The zero-order valence-electron chi connectivity index (χ0n) is 17.7. The van der Waals surface area contributed by atoms with Gasteiger partial charge in [0.05, 0.1) is 0 Å². The third kappa shape index (κ3) is 16.3. The summed E-state index contributed by atoms with van der Waals surface area (Å²) in [4.78, 5) is 1.24. The molecule has 0 fully saturated rings. The van der Waals surface area contributed by atoms with Crippen molar-refractivity contribution in [1.29, 1.82) is 0 Å². The Morgan fingerprint density at radius 2 is 1.04 bits per heavy atom. The monoisotopic (exact) mass is 413 g/mol. The minimum absolute atomic E-state index is 0. The largest absolute Gasteiger partial charge is 0.398 e. The van der Waals surface area contributed by atoms with Crippen molar-refractivity contribution in [3.8, 4) is 0 Å². The molecule has 0 radical (unpaired) electrons. The maximum absolute atomic E-state index is 5.97. The summed E-state index contributed by atoms with van der Waals surface area (Å²) in [5, 5.41) is 0. The van der Waals surface area contributed by atoms with Crippen molar-refractivity contribution in [1.82, 2.24) is 0 Å². The van der Waals surface area contributed by atoms with Gasteiger partial charge in [0.15, 0.2) is 0 Å². The van der Waals surface area contributed by atoms with Crippen LogP contribution in [0.2, 0.25) is 0 Å². The molecule has 1 nitrogen and oxygen atoms in total. The predicted molar refractivity (Wildman–Crippen MR) is 128 cm³/mol. The number of nitrogen functional groups attached to an aromatic ring is 1. The number of anilines is 1. The molecule has 0 aliphatic rings. The number of halogens is 1. The highest BCUT2D eigenvalue weighted by Gasteiger charge is 1.98. The van der Waals surface area contributed by atoms with Gasteiger partial charge in [0.2, 0.25) is 0 Å². The van der Waals surface area contributed by atoms with E-state index in [-0.39, 0.29) is 12.4 Å². The van der Waals surface area contributed by atoms with E-state index < -0.39 is 0 Å². The third-order valence-electron chi connectivity index (χ3n) is 5.17. The Morgan fingerprint density at radius 1 is 0.630 bits per heavy atom. The van der Waals surface area contributed by atoms with Gasteiger partial charge in [-0.2, -0.15) is 0 Å². The van der Waals surface area contributed by atoms with Gasteiger partial charge in [-0.25, -0.2) is 0 Å². The van der Waals surface area contributed by atoms with Gasteiger partial charge in [-0.05, 0) is 24.3 Å². The number of rotatable bonds is 18. The van der Waals surface area contributed by atoms with E-state index >= 15 is 0 Å². The highest BCUT2D eigenvalue weighted by molar-refractivity contribution is 7.99. The lowest BCUT2D eigenvalue weighted by molar-refractivity contribution is 0.532. The molecule has 0 atom stereocenters. The van der Waals surface area contributed by atoms with Gasteiger partial charge in [0, 0.05) is 10.6 Å². The molecular formula is C24H44ClNS. The van der Waals surface area contributed by atoms with Crippen molar-refractivity contribution in [3.63, 3.8) is 0 Å². The van der Waals surface area contributed by atoms with Crippen LogP contribution in [0.1, 0.15) is 110 Å². The lowest BCUT2D eigenvalue weighted by Gasteiger charge is -2.05. The zero-order valence-corrected chi connectivity index (χ0v) is 19.4. The second kappa shape index (κ2) is 20.4. The molecular weight excluding hydrogens is 370 g/mol. The Kier molecular flexibility index (Phi) is 20.1. The average Bonchev–Trinajstić information content (AvgIpc) is 2.65. The van der Waals surface area contributed by atoms with Gasteiger partial charge in [0.1, 0.15) is 0 Å². The number of hydrogen-bond acceptors (Lipinski definition) is 2. The number of unbranched alkanes of at least 4 members (excludes halogenated alkanes) is 15. The minimum atomic E-state index is 0. The summed E-state index contributed by atoms with van der Waals surface area (Å²) in [5.74, 6) is 1.20. The van der Waals surface area contributed by atoms with Crippen molar-refractivity contribution in [2.24, 2.45) is 0 Å². The molecule has 0 aliphatic heterocycles. The van der Waals surface area contributed by atoms with Gasteiger partial charge in [-0.1, -0.05) is 115 Å². The van der Waals surface area contributed by atoms with Gasteiger partial charge >= 0.3 is 0 Å². The van der Waals surface area contributed by atoms with Crippen molar-refractivity contribution in [3.05, 3.63) is 24.3 Å². The van der Waals surface area contributed by atoms with Crippen molar-refractivity contribution in [2.75, 3.05) is 11.5 Å². The van der Waals surface area contributed by atoms with Crippen molar-refractivity contribution in [2.45, 2.75) is 115 Å². The van der Waals surface area contributed by atoms with Crippen LogP contribution < -0.4 is 5.73 Å². The van der Waals surface area contributed by atoms with E-state index in [4.69, 9.17) is 5.73 Å². The number of benzene rings is 1. The normalized spacial score (nSPS) is 10.7. The van der Waals surface area contributed by atoms with Crippen LogP contribution in [0.5, 0.6) is 0 Å². The first-order valence-corrected chi connectivity index (χ1v) is 12.3. The second-order valence-corrected chi connectivity index (χ2v) is 8.83. The Labute approximate surface area is 180 Å². The van der Waals surface area contributed by atoms with Crippen molar-refractivity contribution < 1.29 is 0 Å². The molecule has 0 aromatic heterocycles. The lowest BCUT2D eigenvalue weighted by atomic mass is 10.0. The van der Waals surface area contributed by atoms with Crippen LogP contribution in [0.25, 0.3) is 0 Å². The maximum atomic E-state index is 5.97. The second-order valence-electron chi connectivity index (χ2n) is 7.69. The number of hydrogen-bond donors (Lipinski definition) is 1. The third-order valence-corrected chi connectivity index (χ3v) is 6.35. The summed E-state index contributed by atoms with van der Waals surface area (Å²) in [5.41, 5.74) is 6.90. The summed E-state index contributed by atoms with van der Waals surface area (Å²) in [7, 11) is 0. The first-order valence-electron chi connectivity index (χ1n) is 11.3. The average molecular weight is 414 g/mol. The first-order chi connectivity index (χ1) is 12.8. The summed E-state index contributed by atoms with van der Waals surface area (Å²) in [6.07, 6.45) is 22.9. The van der Waals surface area contributed by atoms with E-state index in [1.54, 1.807) is 0 Å². The number of para-hydroxylation sites is 1. The molecule has 27 heavy (non-hydrogen) atoms. The Bertz CT molecular complexity index is 425. The van der Waals surface area contributed by atoms with E-state index in [0.717, 1.165) is 5.69 Å². The van der Waals surface area contributed by atoms with Crippen LogP contribution in [0.15, 0.2) is 29.2 Å². The Morgan fingerprint density at radius 3 is 1.48 bits per heavy atom. The number of nitrogens with two attached hydrogens (primary N) is 1. The summed E-state index contributed by atoms with van der Waals surface area (Å²) >= 11 is 1.91. The van der Waals surface area contributed by atoms with Crippen LogP contribution in [-0.4, -0.2) is 5.75 Å². The first kappa shape index (κ1) is 26.7. The fraction of sp³-hybridized carbons (Fsp3) is 0.750. The van der Waals surface area contributed by atoms with Gasteiger partial charge < -0.3 is 5.73 Å². The summed E-state index contributed by atoms with van der Waals surface area (Å²) < 4.78 is 0. The molecule has 1 aromatic carbocycles. The molecule has 2 N–H and O–H groups in total. The quantitative estimate of drug-likeness (QED) is 0.147. The molecule has 158 valence electrons. The lowest BCUT2D eigenvalue weighted by Crippen LogP contribution is -1.89. The van der Waals surface area contributed by atoms with E-state index in [2.05, 4.69) is 19.1 Å². The molecule has 1 rings (SSSR count). The fourth-order valence-electron chi connectivity index (χ4n) is 3.44. The SMILES string of the molecule is CCCCCCCCCCCCCCCCCCSc1ccccc1N.Cl. The molecule has 0 saturated carbocycles. The Hall–Kier alpha value is -0.340. The van der Waals surface area contributed by atoms with E-state index in [0.29, 0.717) is 0 Å². The van der Waals surface area contributed by atoms with E-state index in [9.17, 15) is 0 Å². The van der Waals surface area contributed by atoms with E-state index in [1.807, 2.05) is 23.9 Å². The molecule has 1 aromatic rings. The topological polar surface area (TPSA) is 26.0 Å². The molecule has 0 heterocycles. The highest BCUT2D eigenvalue weighted by Crippen LogP contribution is 2.25. The summed E-state index contributed by atoms with van der Waals surface area (Å²) in [6.45, 7) is 2.29. The maximum Gasteiger partial charge on any atom is 0.0452 e. The fourth-order valence-corrected chi connectivity index (χ4v) is 4.42. The highest BCUT2D eigenvalue weighted by atomic mass is 35.5. The van der Waals surface area contributed by atoms with E-state index in [1.165, 1.54) is 113 Å². The molecule has 0 aliphatic carbocycles. The molecule has 0 spiro atoms. The molecule has 0 amide bonds. The zero-order chi connectivity index (χ0) is 18.7. The van der Waals surface area contributed by atoms with Crippen LogP contribution in [-0.2, 0) is 0 Å².